The van der Waals surface area contributed by atoms with Crippen molar-refractivity contribution in [3.8, 4) is 5.75 Å². The van der Waals surface area contributed by atoms with E-state index in [9.17, 15) is 9.59 Å². The van der Waals surface area contributed by atoms with Crippen LogP contribution < -0.4 is 10.1 Å². The number of anilines is 1. The number of hydrogen-bond acceptors (Lipinski definition) is 4. The molecule has 0 heterocycles. The molecule has 5 nitrogen and oxygen atoms in total. The minimum Gasteiger partial charge on any atom is -0.479 e. The van der Waals surface area contributed by atoms with Crippen LogP contribution in [0.15, 0.2) is 48.5 Å². The number of nitrogens with one attached hydrogen (secondary N) is 1. The molecule has 0 saturated carbocycles. The highest BCUT2D eigenvalue weighted by Crippen LogP contribution is 2.24. The zero-order valence-corrected chi connectivity index (χ0v) is 13.5. The largest absolute Gasteiger partial charge is 0.479 e. The molecule has 2 aromatic carbocycles. The van der Waals surface area contributed by atoms with Gasteiger partial charge >= 0.3 is 5.97 Å². The lowest BCUT2D eigenvalue weighted by Crippen LogP contribution is -2.30. The van der Waals surface area contributed by atoms with Gasteiger partial charge in [0.2, 0.25) is 0 Å². The first-order chi connectivity index (χ1) is 11.0. The van der Waals surface area contributed by atoms with Crippen molar-refractivity contribution in [3.05, 3.63) is 59.1 Å². The maximum Gasteiger partial charge on any atom is 0.337 e. The Morgan fingerprint density at radius 3 is 2.35 bits per heavy atom. The number of esters is 1. The molecule has 0 aliphatic rings. The van der Waals surface area contributed by atoms with Crippen molar-refractivity contribution in [1.82, 2.24) is 0 Å². The van der Waals surface area contributed by atoms with Gasteiger partial charge in [-0.25, -0.2) is 4.79 Å². The van der Waals surface area contributed by atoms with Crippen molar-refractivity contribution >= 4 is 29.2 Å². The molecule has 1 atom stereocenters. The van der Waals surface area contributed by atoms with Crippen molar-refractivity contribution in [2.45, 2.75) is 13.0 Å². The normalized spacial score (nSPS) is 11.4. The van der Waals surface area contributed by atoms with Crippen LogP contribution >= 0.6 is 11.6 Å². The summed E-state index contributed by atoms with van der Waals surface area (Å²) in [5.41, 5.74) is 0.961. The Kier molecular flexibility index (Phi) is 5.60. The van der Waals surface area contributed by atoms with Crippen LogP contribution in [0, 0.1) is 0 Å². The first-order valence-electron chi connectivity index (χ1n) is 6.91. The Labute approximate surface area is 139 Å². The SMILES string of the molecule is COC(=O)c1ccc(NC(=O)C(C)Oc2ccccc2Cl)cc1. The maximum atomic E-state index is 12.1. The topological polar surface area (TPSA) is 64.6 Å². The molecule has 23 heavy (non-hydrogen) atoms. The molecular formula is C17H16ClNO4. The Morgan fingerprint density at radius 1 is 1.09 bits per heavy atom. The first-order valence-corrected chi connectivity index (χ1v) is 7.29. The Morgan fingerprint density at radius 2 is 1.74 bits per heavy atom. The summed E-state index contributed by atoms with van der Waals surface area (Å²) in [6.45, 7) is 1.63. The third kappa shape index (κ3) is 4.47. The second kappa shape index (κ2) is 7.65. The van der Waals surface area contributed by atoms with Gasteiger partial charge in [0.05, 0.1) is 17.7 Å². The number of benzene rings is 2. The monoisotopic (exact) mass is 333 g/mol. The molecule has 0 aliphatic heterocycles. The van der Waals surface area contributed by atoms with Gasteiger partial charge < -0.3 is 14.8 Å². The van der Waals surface area contributed by atoms with E-state index in [-0.39, 0.29) is 5.91 Å². The zero-order valence-electron chi connectivity index (χ0n) is 12.7. The second-order valence-electron chi connectivity index (χ2n) is 4.75. The summed E-state index contributed by atoms with van der Waals surface area (Å²) in [5.74, 6) is -0.313. The summed E-state index contributed by atoms with van der Waals surface area (Å²) >= 11 is 5.99. The van der Waals surface area contributed by atoms with Gasteiger partial charge in [-0.1, -0.05) is 23.7 Å². The Bertz CT molecular complexity index is 700. The number of rotatable bonds is 5. The second-order valence-corrected chi connectivity index (χ2v) is 5.16. The molecule has 0 radical (unpaired) electrons. The summed E-state index contributed by atoms with van der Waals surface area (Å²) in [4.78, 5) is 23.5. The van der Waals surface area contributed by atoms with E-state index in [1.165, 1.54) is 7.11 Å². The fraction of sp³-hybridized carbons (Fsp3) is 0.176. The van der Waals surface area contributed by atoms with Crippen LogP contribution in [-0.4, -0.2) is 25.1 Å². The number of methoxy groups -OCH3 is 1. The smallest absolute Gasteiger partial charge is 0.337 e. The highest BCUT2D eigenvalue weighted by atomic mass is 35.5. The fourth-order valence-corrected chi connectivity index (χ4v) is 2.02. The number of amides is 1. The minimum atomic E-state index is -0.727. The molecule has 120 valence electrons. The van der Waals surface area contributed by atoms with E-state index in [2.05, 4.69) is 10.1 Å². The highest BCUT2D eigenvalue weighted by Gasteiger charge is 2.16. The van der Waals surface area contributed by atoms with Gasteiger partial charge in [-0.3, -0.25) is 4.79 Å². The van der Waals surface area contributed by atoms with Gasteiger partial charge in [0, 0.05) is 5.69 Å². The molecule has 1 amide bonds. The summed E-state index contributed by atoms with van der Waals surface area (Å²) in [6, 6.07) is 13.3. The van der Waals surface area contributed by atoms with Crippen molar-refractivity contribution in [1.29, 1.82) is 0 Å². The lowest BCUT2D eigenvalue weighted by atomic mass is 10.2. The van der Waals surface area contributed by atoms with Gasteiger partial charge in [-0.2, -0.15) is 0 Å². The number of halogens is 1. The predicted octanol–water partition coefficient (Wildman–Crippen LogP) is 3.53. The summed E-state index contributed by atoms with van der Waals surface area (Å²) in [7, 11) is 1.31. The molecule has 2 rings (SSSR count). The van der Waals surface area contributed by atoms with Crippen LogP contribution in [0.2, 0.25) is 5.02 Å². The van der Waals surface area contributed by atoms with Gasteiger partial charge in [0.25, 0.3) is 5.91 Å². The van der Waals surface area contributed by atoms with E-state index in [1.54, 1.807) is 55.5 Å². The van der Waals surface area contributed by atoms with Crippen LogP contribution in [0.1, 0.15) is 17.3 Å². The van der Waals surface area contributed by atoms with Crippen LogP contribution in [0.5, 0.6) is 5.75 Å². The molecule has 1 N–H and O–H groups in total. The lowest BCUT2D eigenvalue weighted by molar-refractivity contribution is -0.122. The average molecular weight is 334 g/mol. The van der Waals surface area contributed by atoms with Crippen LogP contribution in [0.25, 0.3) is 0 Å². The van der Waals surface area contributed by atoms with Crippen molar-refractivity contribution in [2.75, 3.05) is 12.4 Å². The van der Waals surface area contributed by atoms with E-state index in [0.29, 0.717) is 22.0 Å². The van der Waals surface area contributed by atoms with E-state index < -0.39 is 12.1 Å². The first kappa shape index (κ1) is 16.8. The molecule has 6 heteroatoms. The fourth-order valence-electron chi connectivity index (χ4n) is 1.84. The molecule has 0 spiro atoms. The number of para-hydroxylation sites is 1. The van der Waals surface area contributed by atoms with Gasteiger partial charge in [-0.05, 0) is 43.3 Å². The Balaban J connectivity index is 1.98. The number of carbonyl (C=O) groups excluding carboxylic acids is 2. The Hall–Kier alpha value is -2.53. The van der Waals surface area contributed by atoms with Crippen LogP contribution in [0.3, 0.4) is 0 Å². The lowest BCUT2D eigenvalue weighted by Gasteiger charge is -2.15. The van der Waals surface area contributed by atoms with E-state index in [4.69, 9.17) is 16.3 Å². The zero-order chi connectivity index (χ0) is 16.8. The third-order valence-electron chi connectivity index (χ3n) is 3.08. The number of carbonyl (C=O) groups is 2. The molecule has 0 aliphatic carbocycles. The molecule has 0 aromatic heterocycles. The minimum absolute atomic E-state index is 0.323. The molecular weight excluding hydrogens is 318 g/mol. The van der Waals surface area contributed by atoms with Gasteiger partial charge in [0.1, 0.15) is 5.75 Å². The molecule has 0 saturated heterocycles. The summed E-state index contributed by atoms with van der Waals surface area (Å²) in [6.07, 6.45) is -0.727. The molecule has 1 unspecified atom stereocenters. The molecule has 0 bridgehead atoms. The van der Waals surface area contributed by atoms with Crippen molar-refractivity contribution in [2.24, 2.45) is 0 Å². The van der Waals surface area contributed by atoms with Crippen LogP contribution in [-0.2, 0) is 9.53 Å². The molecule has 0 fully saturated rings. The summed E-state index contributed by atoms with van der Waals surface area (Å²) < 4.78 is 10.2. The van der Waals surface area contributed by atoms with E-state index in [1.807, 2.05) is 0 Å². The number of hydrogen-bond donors (Lipinski definition) is 1. The van der Waals surface area contributed by atoms with Crippen molar-refractivity contribution < 1.29 is 19.1 Å². The van der Waals surface area contributed by atoms with E-state index >= 15 is 0 Å². The summed E-state index contributed by atoms with van der Waals surface area (Å²) in [5, 5.41) is 3.15. The highest BCUT2D eigenvalue weighted by molar-refractivity contribution is 6.32. The van der Waals surface area contributed by atoms with Crippen molar-refractivity contribution in [3.63, 3.8) is 0 Å². The maximum absolute atomic E-state index is 12.1. The van der Waals surface area contributed by atoms with Gasteiger partial charge in [0.15, 0.2) is 6.10 Å². The number of ether oxygens (including phenoxy) is 2. The third-order valence-corrected chi connectivity index (χ3v) is 3.40. The van der Waals surface area contributed by atoms with E-state index in [0.717, 1.165) is 0 Å². The predicted molar refractivity (Wildman–Crippen MR) is 88.0 cm³/mol. The van der Waals surface area contributed by atoms with Gasteiger partial charge in [-0.15, -0.1) is 0 Å². The average Bonchev–Trinajstić information content (AvgIpc) is 2.56. The molecule has 2 aromatic rings. The quantitative estimate of drug-likeness (QED) is 0.850. The standard InChI is InChI=1S/C17H16ClNO4/c1-11(23-15-6-4-3-5-14(15)18)16(20)19-13-9-7-12(8-10-13)17(21)22-2/h3-11H,1-2H3,(H,19,20). The van der Waals surface area contributed by atoms with Crippen LogP contribution in [0.4, 0.5) is 5.69 Å².